The van der Waals surface area contributed by atoms with Gasteiger partial charge in [-0.25, -0.2) is 0 Å². The van der Waals surface area contributed by atoms with Gasteiger partial charge in [0.15, 0.2) is 34.7 Å². The molecule has 1 atom stereocenters. The van der Waals surface area contributed by atoms with Crippen molar-refractivity contribution in [1.29, 1.82) is 0 Å². The van der Waals surface area contributed by atoms with Crippen molar-refractivity contribution in [2.24, 2.45) is 0 Å². The van der Waals surface area contributed by atoms with Crippen molar-refractivity contribution in [2.45, 2.75) is 0 Å². The van der Waals surface area contributed by atoms with E-state index in [1.54, 1.807) is 0 Å². The smallest absolute Gasteiger partial charge is 0.159 e. The molecule has 0 aliphatic heterocycles. The largest absolute Gasteiger partial charge is 0.187 e. The highest BCUT2D eigenvalue weighted by Gasteiger charge is 0.937. The lowest BCUT2D eigenvalue weighted by atomic mass is 27.0. The second-order valence-electron chi connectivity index (χ2n) is 0. The summed E-state index contributed by atoms with van der Waals surface area (Å²) in [4.78, 5) is 0. The molecule has 0 heterocycles. The van der Waals surface area contributed by atoms with Gasteiger partial charge in [0.25, 0.3) is 0 Å². The average molecular weight is 124 g/mol. The second kappa shape index (κ2) is 22.2. The normalized spacial score (nSPS) is 2.25. The Hall–Kier alpha value is 1.71. The summed E-state index contributed by atoms with van der Waals surface area (Å²) in [6, 6.07) is 0. The van der Waals surface area contributed by atoms with Crippen LogP contribution in [0.15, 0.2) is 0 Å². The molecule has 0 aliphatic carbocycles. The lowest BCUT2D eigenvalue weighted by Gasteiger charge is -1.07. The maximum absolute atomic E-state index is 2.56. The maximum atomic E-state index is 2.56. The summed E-state index contributed by atoms with van der Waals surface area (Å²) in [6.07, 6.45) is 0. The van der Waals surface area contributed by atoms with Crippen LogP contribution in [0.5, 0.6) is 0 Å². The molecule has 0 aromatic heterocycles. The molecule has 26 valence electrons. The molecule has 0 bridgehead atoms. The first-order valence-corrected chi connectivity index (χ1v) is 5.20. The van der Waals surface area contributed by atoms with Crippen LogP contribution in [0.4, 0.5) is 0 Å². The zero-order valence-electron chi connectivity index (χ0n) is 1.58. The van der Waals surface area contributed by atoms with Crippen molar-refractivity contribution in [1.82, 2.24) is 0 Å². The van der Waals surface area contributed by atoms with E-state index in [9.17, 15) is 0 Å². The van der Waals surface area contributed by atoms with Gasteiger partial charge in [0.05, 0.1) is 0 Å². The Kier molecular flexibility index (Phi) is 95.5. The predicted octanol–water partition coefficient (Wildman–Crippen LogP) is -3.23. The Morgan fingerprint density at radius 3 is 1.00 bits per heavy atom. The highest BCUT2D eigenvalue weighted by molar-refractivity contribution is 7.49. The number of hydrogen-bond donors (Lipinski definition) is 0. The summed E-state index contributed by atoms with van der Waals surface area (Å²) in [7, 11) is 3.78. The summed E-state index contributed by atoms with van der Waals surface area (Å²) in [6.45, 7) is 0. The van der Waals surface area contributed by atoms with Crippen LogP contribution < -0.4 is 0 Å². The molecule has 1 unspecified atom stereocenters. The van der Waals surface area contributed by atoms with Crippen molar-refractivity contribution in [2.75, 3.05) is 0 Å². The van der Waals surface area contributed by atoms with Gasteiger partial charge in [-0.3, -0.25) is 0 Å². The third-order valence-electron chi connectivity index (χ3n) is 0. The minimum atomic E-state index is 0. The van der Waals surface area contributed by atoms with Crippen LogP contribution in [-0.2, 0) is 0 Å². The first-order chi connectivity index (χ1) is 1.00. The van der Waals surface area contributed by atoms with Gasteiger partial charge in [-0.15, -0.1) is 0 Å². The molecule has 0 aliphatic rings. The molecule has 0 spiro atoms. The van der Waals surface area contributed by atoms with Gasteiger partial charge >= 0.3 is 0 Å². The van der Waals surface area contributed by atoms with Crippen LogP contribution >= 0.6 is 8.79 Å². The van der Waals surface area contributed by atoms with Gasteiger partial charge in [0, 0.05) is 9.91 Å². The summed E-state index contributed by atoms with van der Waals surface area (Å²) >= 11 is 0. The molecule has 0 rings (SSSR count). The van der Waals surface area contributed by atoms with Gasteiger partial charge in [0.2, 0.25) is 0 Å². The molecule has 0 N–H and O–H groups in total. The molecule has 0 nitrogen and oxygen atoms in total. The van der Waals surface area contributed by atoms with E-state index in [0.717, 1.165) is 0 Å². The van der Waals surface area contributed by atoms with Crippen molar-refractivity contribution < 1.29 is 0 Å². The maximum Gasteiger partial charge on any atom is 0.187 e. The van der Waals surface area contributed by atoms with Crippen molar-refractivity contribution in [3.05, 3.63) is 0 Å². The first-order valence-electron chi connectivity index (χ1n) is 0.577. The van der Waals surface area contributed by atoms with Crippen molar-refractivity contribution in [3.8, 4) is 0 Å². The summed E-state index contributed by atoms with van der Waals surface area (Å²) in [5.74, 6) is 0. The zero-order chi connectivity index (χ0) is 2.00. The third kappa shape index (κ3) is 9.32. The Morgan fingerprint density at radius 2 is 1.00 bits per heavy atom. The molecule has 0 aromatic carbocycles. The Labute approximate surface area is 53.5 Å². The Bertz CT molecular complexity index is 6.00. The fraction of sp³-hybridized carbons (Fsp3) is 0. The van der Waals surface area contributed by atoms with Gasteiger partial charge in [-0.1, -0.05) is 0 Å². The lowest BCUT2D eigenvalue weighted by molar-refractivity contribution is 5.18. The minimum Gasteiger partial charge on any atom is -0.159 e. The first kappa shape index (κ1) is 17.2. The van der Waals surface area contributed by atoms with E-state index in [1.165, 1.54) is 9.91 Å². The predicted molar refractivity (Wildman–Crippen MR) is 39.5 cm³/mol. The highest BCUT2D eigenvalue weighted by atomic mass is 31.3. The molecule has 0 radical (unpaired) electrons. The fourth-order valence-corrected chi connectivity index (χ4v) is 0. The van der Waals surface area contributed by atoms with Gasteiger partial charge in [-0.2, -0.15) is 8.79 Å². The lowest BCUT2D eigenvalue weighted by Crippen LogP contribution is -0.937. The fourth-order valence-electron chi connectivity index (χ4n) is 0. The van der Waals surface area contributed by atoms with Crippen LogP contribution in [0.2, 0.25) is 0 Å². The zero-order valence-corrected chi connectivity index (χ0v) is 4.73. The molecular formula is H11Al2PSi. The molecule has 0 fully saturated rings. The van der Waals surface area contributed by atoms with Crippen LogP contribution in [0.1, 0.15) is 0 Å². The molecule has 0 saturated carbocycles. The molecule has 0 saturated heterocycles. The van der Waals surface area contributed by atoms with E-state index in [4.69, 9.17) is 0 Å². The molecule has 0 aromatic rings. The van der Waals surface area contributed by atoms with Crippen LogP contribution in [-0.4, -0.2) is 44.6 Å². The quantitative estimate of drug-likeness (QED) is 0.235. The van der Waals surface area contributed by atoms with E-state index in [0.29, 0.717) is 0 Å². The monoisotopic (exact) mass is 124 g/mol. The Morgan fingerprint density at radius 1 is 1.00 bits per heavy atom. The second-order valence-corrected chi connectivity index (χ2v) is 0. The van der Waals surface area contributed by atoms with Crippen LogP contribution in [0.25, 0.3) is 0 Å². The topological polar surface area (TPSA) is 0 Å². The van der Waals surface area contributed by atoms with Crippen LogP contribution in [0, 0.1) is 0 Å². The number of rotatable bonds is 0. The minimum absolute atomic E-state index is 0. The standard InChI is InChI=1S/2Al.H5PSi.6H/c;;1-2;;;;;;/h;;1H2,2H3;;;;;;. The van der Waals surface area contributed by atoms with E-state index in [2.05, 4.69) is 8.79 Å². The summed E-state index contributed by atoms with van der Waals surface area (Å²) < 4.78 is 0. The SMILES string of the molecule is [AlH3].[AlH3].[SiH3]P. The third-order valence-corrected chi connectivity index (χ3v) is 0. The van der Waals surface area contributed by atoms with Gasteiger partial charge in [0.1, 0.15) is 0 Å². The van der Waals surface area contributed by atoms with Crippen molar-refractivity contribution in [3.63, 3.8) is 0 Å². The van der Waals surface area contributed by atoms with E-state index >= 15 is 0 Å². The highest BCUT2D eigenvalue weighted by Crippen LogP contribution is 1.42. The average Bonchev–Trinajstić information content (AvgIpc) is 1.00. The molecule has 4 heteroatoms. The molecule has 0 amide bonds. The van der Waals surface area contributed by atoms with Crippen molar-refractivity contribution >= 4 is 53.4 Å². The molecular weight excluding hydrogens is 113 g/mol. The number of hydrogen-bond acceptors (Lipinski definition) is 0. The summed E-state index contributed by atoms with van der Waals surface area (Å²) in [5, 5.41) is 0. The van der Waals surface area contributed by atoms with Gasteiger partial charge < -0.3 is 0 Å². The van der Waals surface area contributed by atoms with E-state index in [-0.39, 0.29) is 34.7 Å². The van der Waals surface area contributed by atoms with Gasteiger partial charge in [-0.05, 0) is 0 Å². The van der Waals surface area contributed by atoms with E-state index in [1.807, 2.05) is 0 Å². The molecule has 4 heavy (non-hydrogen) atoms. The van der Waals surface area contributed by atoms with E-state index < -0.39 is 0 Å². The Balaban J connectivity index is -0.00000000500. The summed E-state index contributed by atoms with van der Waals surface area (Å²) in [5.41, 5.74) is 0. The van der Waals surface area contributed by atoms with Crippen LogP contribution in [0.3, 0.4) is 0 Å².